The molecule has 0 spiro atoms. The number of halogens is 2. The Morgan fingerprint density at radius 2 is 2.19 bits per heavy atom. The number of nitrogens with one attached hydrogen (secondary N) is 1. The van der Waals surface area contributed by atoms with Crippen molar-refractivity contribution in [3.8, 4) is 12.3 Å². The monoisotopic (exact) mass is 255 g/mol. The van der Waals surface area contributed by atoms with Gasteiger partial charge >= 0.3 is 0 Å². The second-order valence-corrected chi connectivity index (χ2v) is 4.41. The number of hydrogen-bond donors (Lipinski definition) is 1. The first-order valence-electron chi connectivity index (χ1n) is 5.27. The molecule has 0 fully saturated rings. The highest BCUT2D eigenvalue weighted by molar-refractivity contribution is 6.42. The van der Waals surface area contributed by atoms with Crippen LogP contribution in [0.2, 0.25) is 10.0 Å². The minimum absolute atomic E-state index is 0.184. The largest absolute Gasteiger partial charge is 0.310 e. The van der Waals surface area contributed by atoms with Gasteiger partial charge in [0.1, 0.15) is 0 Å². The molecule has 0 saturated heterocycles. The summed E-state index contributed by atoms with van der Waals surface area (Å²) < 4.78 is 0. The van der Waals surface area contributed by atoms with E-state index in [1.165, 1.54) is 0 Å². The summed E-state index contributed by atoms with van der Waals surface area (Å²) >= 11 is 12.1. The molecule has 0 bridgehead atoms. The zero-order chi connectivity index (χ0) is 12.0. The van der Waals surface area contributed by atoms with Gasteiger partial charge in [0.05, 0.1) is 10.0 Å². The zero-order valence-corrected chi connectivity index (χ0v) is 10.8. The van der Waals surface area contributed by atoms with Crippen LogP contribution in [0.1, 0.15) is 31.4 Å². The molecule has 1 nitrogen and oxygen atoms in total. The lowest BCUT2D eigenvalue weighted by Gasteiger charge is -2.15. The van der Waals surface area contributed by atoms with Crippen molar-refractivity contribution in [2.75, 3.05) is 6.54 Å². The number of unbranched alkanes of at least 4 members (excludes halogenated alkanes) is 1. The first kappa shape index (κ1) is 13.4. The van der Waals surface area contributed by atoms with Gasteiger partial charge in [0.2, 0.25) is 0 Å². The van der Waals surface area contributed by atoms with Crippen molar-refractivity contribution in [3.63, 3.8) is 0 Å². The van der Waals surface area contributed by atoms with E-state index in [1.807, 2.05) is 12.1 Å². The summed E-state index contributed by atoms with van der Waals surface area (Å²) in [5.74, 6) is 2.61. The number of rotatable bonds is 5. The molecule has 1 rings (SSSR count). The molecule has 1 atom stereocenters. The van der Waals surface area contributed by atoms with Crippen LogP contribution in [0.4, 0.5) is 0 Å². The van der Waals surface area contributed by atoms with Crippen LogP contribution in [0.15, 0.2) is 18.2 Å². The van der Waals surface area contributed by atoms with Gasteiger partial charge in [0, 0.05) is 12.5 Å². The normalized spacial score (nSPS) is 12.1. The van der Waals surface area contributed by atoms with E-state index in [0.29, 0.717) is 10.0 Å². The fourth-order valence-electron chi connectivity index (χ4n) is 1.47. The van der Waals surface area contributed by atoms with Gasteiger partial charge in [-0.2, -0.15) is 0 Å². The van der Waals surface area contributed by atoms with E-state index in [2.05, 4.69) is 18.2 Å². The molecule has 3 heteroatoms. The smallest absolute Gasteiger partial charge is 0.0639 e. The van der Waals surface area contributed by atoms with Gasteiger partial charge in [-0.25, -0.2) is 0 Å². The minimum atomic E-state index is 0.184. The average molecular weight is 256 g/mol. The fraction of sp³-hybridized carbons (Fsp3) is 0.385. The first-order valence-corrected chi connectivity index (χ1v) is 6.03. The molecule has 0 amide bonds. The van der Waals surface area contributed by atoms with Gasteiger partial charge in [-0.05, 0) is 31.5 Å². The summed E-state index contributed by atoms with van der Waals surface area (Å²) in [5.41, 5.74) is 1.02. The van der Waals surface area contributed by atoms with Crippen LogP contribution in [0.3, 0.4) is 0 Å². The molecule has 0 heterocycles. The first-order chi connectivity index (χ1) is 7.66. The zero-order valence-electron chi connectivity index (χ0n) is 9.26. The third-order valence-electron chi connectivity index (χ3n) is 2.40. The maximum Gasteiger partial charge on any atom is 0.0639 e. The van der Waals surface area contributed by atoms with Crippen LogP contribution in [0.5, 0.6) is 0 Å². The quantitative estimate of drug-likeness (QED) is 0.618. The molecule has 1 aromatic carbocycles. The Kier molecular flexibility index (Phi) is 5.69. The third-order valence-corrected chi connectivity index (χ3v) is 3.23. The van der Waals surface area contributed by atoms with Crippen LogP contribution in [-0.4, -0.2) is 6.54 Å². The third kappa shape index (κ3) is 3.72. The lowest BCUT2D eigenvalue weighted by molar-refractivity contribution is 0.563. The minimum Gasteiger partial charge on any atom is -0.310 e. The van der Waals surface area contributed by atoms with Crippen molar-refractivity contribution in [3.05, 3.63) is 33.8 Å². The van der Waals surface area contributed by atoms with Gasteiger partial charge in [-0.3, -0.25) is 0 Å². The summed E-state index contributed by atoms with van der Waals surface area (Å²) in [5, 5.41) is 4.58. The molecule has 0 aliphatic heterocycles. The van der Waals surface area contributed by atoms with Crippen molar-refractivity contribution in [1.82, 2.24) is 5.32 Å². The molecule has 1 unspecified atom stereocenters. The molecular weight excluding hydrogens is 241 g/mol. The summed E-state index contributed by atoms with van der Waals surface area (Å²) in [6, 6.07) is 5.86. The Morgan fingerprint density at radius 3 is 2.88 bits per heavy atom. The van der Waals surface area contributed by atoms with Gasteiger partial charge in [0.15, 0.2) is 0 Å². The van der Waals surface area contributed by atoms with Crippen LogP contribution in [0.25, 0.3) is 0 Å². The molecule has 0 aromatic heterocycles. The van der Waals surface area contributed by atoms with Crippen molar-refractivity contribution >= 4 is 23.2 Å². The molecule has 0 aliphatic carbocycles. The molecule has 0 radical (unpaired) electrons. The highest BCUT2D eigenvalue weighted by atomic mass is 35.5. The van der Waals surface area contributed by atoms with Crippen LogP contribution in [0, 0.1) is 12.3 Å². The second kappa shape index (κ2) is 6.81. The van der Waals surface area contributed by atoms with Gasteiger partial charge in [-0.15, -0.1) is 12.3 Å². The molecule has 16 heavy (non-hydrogen) atoms. The second-order valence-electron chi connectivity index (χ2n) is 3.63. The Balaban J connectivity index is 2.56. The molecule has 1 aromatic rings. The topological polar surface area (TPSA) is 12.0 Å². The van der Waals surface area contributed by atoms with Crippen LogP contribution in [-0.2, 0) is 0 Å². The Labute approximate surface area is 107 Å². The van der Waals surface area contributed by atoms with E-state index in [9.17, 15) is 0 Å². The maximum atomic E-state index is 6.12. The van der Waals surface area contributed by atoms with E-state index < -0.39 is 0 Å². The maximum absolute atomic E-state index is 6.12. The van der Waals surface area contributed by atoms with Crippen molar-refractivity contribution in [1.29, 1.82) is 0 Å². The lowest BCUT2D eigenvalue weighted by Crippen LogP contribution is -2.20. The highest BCUT2D eigenvalue weighted by Crippen LogP contribution is 2.29. The highest BCUT2D eigenvalue weighted by Gasteiger charge is 2.10. The van der Waals surface area contributed by atoms with Crippen LogP contribution < -0.4 is 5.32 Å². The molecule has 0 saturated carbocycles. The van der Waals surface area contributed by atoms with Crippen molar-refractivity contribution in [2.45, 2.75) is 25.8 Å². The van der Waals surface area contributed by atoms with Crippen molar-refractivity contribution in [2.24, 2.45) is 0 Å². The standard InChI is InChI=1S/C13H15Cl2N/c1-3-4-5-9-16-10(2)11-7-6-8-12(14)13(11)15/h1,6-8,10,16H,4-5,9H2,2H3. The Morgan fingerprint density at radius 1 is 1.44 bits per heavy atom. The number of terminal acetylenes is 1. The Hall–Kier alpha value is -0.680. The van der Waals surface area contributed by atoms with E-state index >= 15 is 0 Å². The predicted octanol–water partition coefficient (Wildman–Crippen LogP) is 4.06. The summed E-state index contributed by atoms with van der Waals surface area (Å²) in [7, 11) is 0. The number of hydrogen-bond acceptors (Lipinski definition) is 1. The van der Waals surface area contributed by atoms with Crippen LogP contribution >= 0.6 is 23.2 Å². The number of benzene rings is 1. The van der Waals surface area contributed by atoms with E-state index in [1.54, 1.807) is 6.07 Å². The molecular formula is C13H15Cl2N. The lowest BCUT2D eigenvalue weighted by atomic mass is 10.1. The van der Waals surface area contributed by atoms with E-state index in [-0.39, 0.29) is 6.04 Å². The predicted molar refractivity (Wildman–Crippen MR) is 70.9 cm³/mol. The van der Waals surface area contributed by atoms with Crippen molar-refractivity contribution < 1.29 is 0 Å². The molecule has 0 aliphatic rings. The summed E-state index contributed by atoms with van der Waals surface area (Å²) in [4.78, 5) is 0. The van der Waals surface area contributed by atoms with Gasteiger partial charge < -0.3 is 5.32 Å². The Bertz CT molecular complexity index is 382. The van der Waals surface area contributed by atoms with E-state index in [0.717, 1.165) is 24.9 Å². The van der Waals surface area contributed by atoms with Gasteiger partial charge in [0.25, 0.3) is 0 Å². The molecule has 1 N–H and O–H groups in total. The summed E-state index contributed by atoms with van der Waals surface area (Å²) in [6.45, 7) is 2.95. The SMILES string of the molecule is C#CCCCNC(C)c1cccc(Cl)c1Cl. The average Bonchev–Trinajstić information content (AvgIpc) is 2.28. The van der Waals surface area contributed by atoms with Gasteiger partial charge in [-0.1, -0.05) is 35.3 Å². The van der Waals surface area contributed by atoms with E-state index in [4.69, 9.17) is 29.6 Å². The molecule has 86 valence electrons. The fourth-order valence-corrected chi connectivity index (χ4v) is 1.95. The summed E-state index contributed by atoms with van der Waals surface area (Å²) in [6.07, 6.45) is 6.95.